The minimum atomic E-state index is -0.794. The maximum absolute atomic E-state index is 13.0. The molecule has 1 aromatic heterocycles. The summed E-state index contributed by atoms with van der Waals surface area (Å²) in [5.74, 6) is -0.424. The number of halogens is 2. The van der Waals surface area contributed by atoms with Gasteiger partial charge in [0.25, 0.3) is 0 Å². The van der Waals surface area contributed by atoms with Crippen LogP contribution in [0.1, 0.15) is 12.6 Å². The zero-order chi connectivity index (χ0) is 15.5. The fourth-order valence-corrected chi connectivity index (χ4v) is 1.88. The van der Waals surface area contributed by atoms with E-state index < -0.39 is 11.4 Å². The molecule has 0 fully saturated rings. The van der Waals surface area contributed by atoms with Crippen LogP contribution in [0.3, 0.4) is 0 Å². The van der Waals surface area contributed by atoms with Gasteiger partial charge in [-0.15, -0.1) is 5.10 Å². The number of rotatable bonds is 6. The molecule has 0 spiro atoms. The van der Waals surface area contributed by atoms with E-state index in [1.807, 2.05) is 0 Å². The first-order chi connectivity index (χ1) is 9.97. The highest BCUT2D eigenvalue weighted by atomic mass is 35.5. The molecule has 2 rings (SSSR count). The van der Waals surface area contributed by atoms with Crippen LogP contribution in [0, 0.1) is 5.82 Å². The number of benzene rings is 1. The van der Waals surface area contributed by atoms with E-state index in [1.165, 1.54) is 22.9 Å². The number of aliphatic hydroxyl groups is 2. The van der Waals surface area contributed by atoms with Gasteiger partial charge in [0.15, 0.2) is 0 Å². The lowest BCUT2D eigenvalue weighted by atomic mass is 10.1. The smallest absolute Gasteiger partial charge is 0.124 e. The van der Waals surface area contributed by atoms with Crippen molar-refractivity contribution in [2.45, 2.75) is 19.0 Å². The van der Waals surface area contributed by atoms with Crippen LogP contribution in [0.25, 0.3) is 5.69 Å². The van der Waals surface area contributed by atoms with Crippen LogP contribution in [-0.2, 0) is 6.54 Å². The van der Waals surface area contributed by atoms with Gasteiger partial charge in [0, 0.05) is 6.54 Å². The predicted octanol–water partition coefficient (Wildman–Crippen LogP) is 0.893. The van der Waals surface area contributed by atoms with Crippen molar-refractivity contribution < 1.29 is 14.6 Å². The van der Waals surface area contributed by atoms with Crippen molar-refractivity contribution in [1.29, 1.82) is 0 Å². The van der Waals surface area contributed by atoms with Gasteiger partial charge in [-0.05, 0) is 25.1 Å². The summed E-state index contributed by atoms with van der Waals surface area (Å²) in [4.78, 5) is 0. The Bertz CT molecular complexity index is 616. The van der Waals surface area contributed by atoms with Crippen molar-refractivity contribution in [2.75, 3.05) is 13.2 Å². The lowest BCUT2D eigenvalue weighted by Gasteiger charge is -2.25. The van der Waals surface area contributed by atoms with Gasteiger partial charge in [-0.25, -0.2) is 9.07 Å². The normalized spacial score (nSPS) is 11.9. The average Bonchev–Trinajstić information content (AvgIpc) is 2.93. The molecule has 0 bridgehead atoms. The SMILES string of the molecule is CC(CO)(CO)NCc1cn(-c2ccc(F)cc2Cl)nn1. The third-order valence-corrected chi connectivity index (χ3v) is 3.39. The quantitative estimate of drug-likeness (QED) is 0.737. The molecule has 0 saturated heterocycles. The second-order valence-electron chi connectivity index (χ2n) is 4.98. The topological polar surface area (TPSA) is 83.2 Å². The zero-order valence-corrected chi connectivity index (χ0v) is 12.2. The average molecular weight is 315 g/mol. The highest BCUT2D eigenvalue weighted by Crippen LogP contribution is 2.20. The molecule has 0 aliphatic rings. The van der Waals surface area contributed by atoms with Crippen molar-refractivity contribution in [2.24, 2.45) is 0 Å². The lowest BCUT2D eigenvalue weighted by molar-refractivity contribution is 0.103. The van der Waals surface area contributed by atoms with Crippen LogP contribution in [0.2, 0.25) is 5.02 Å². The van der Waals surface area contributed by atoms with Gasteiger partial charge in [-0.1, -0.05) is 16.8 Å². The van der Waals surface area contributed by atoms with Crippen LogP contribution < -0.4 is 5.32 Å². The lowest BCUT2D eigenvalue weighted by Crippen LogP contribution is -2.48. The Morgan fingerprint density at radius 1 is 1.38 bits per heavy atom. The summed E-state index contributed by atoms with van der Waals surface area (Å²) in [6.45, 7) is 1.59. The summed E-state index contributed by atoms with van der Waals surface area (Å²) >= 11 is 5.96. The Hall–Kier alpha value is -1.54. The van der Waals surface area contributed by atoms with Crippen LogP contribution in [0.4, 0.5) is 4.39 Å². The molecule has 21 heavy (non-hydrogen) atoms. The standard InChI is InChI=1S/C13H16ClFN4O2/c1-13(7-20,8-21)16-5-10-6-19(18-17-10)12-3-2-9(15)4-11(12)14/h2-4,6,16,20-21H,5,7-8H2,1H3. The first kappa shape index (κ1) is 15.8. The zero-order valence-electron chi connectivity index (χ0n) is 11.4. The van der Waals surface area contributed by atoms with E-state index in [0.29, 0.717) is 17.9 Å². The summed E-state index contributed by atoms with van der Waals surface area (Å²) in [6, 6.07) is 4.00. The van der Waals surface area contributed by atoms with E-state index in [2.05, 4.69) is 15.6 Å². The monoisotopic (exact) mass is 314 g/mol. The van der Waals surface area contributed by atoms with Gasteiger partial charge >= 0.3 is 0 Å². The Morgan fingerprint density at radius 3 is 2.71 bits per heavy atom. The molecule has 0 atom stereocenters. The number of nitrogens with zero attached hydrogens (tertiary/aromatic N) is 3. The van der Waals surface area contributed by atoms with Crippen molar-refractivity contribution in [3.8, 4) is 5.69 Å². The molecule has 8 heteroatoms. The van der Waals surface area contributed by atoms with Crippen LogP contribution >= 0.6 is 11.6 Å². The van der Waals surface area contributed by atoms with E-state index in [1.54, 1.807) is 13.1 Å². The van der Waals surface area contributed by atoms with Gasteiger partial charge in [-0.3, -0.25) is 0 Å². The molecule has 0 aliphatic heterocycles. The van der Waals surface area contributed by atoms with Gasteiger partial charge in [0.2, 0.25) is 0 Å². The molecule has 3 N–H and O–H groups in total. The first-order valence-corrected chi connectivity index (χ1v) is 6.68. The van der Waals surface area contributed by atoms with Crippen LogP contribution in [0.5, 0.6) is 0 Å². The summed E-state index contributed by atoms with van der Waals surface area (Å²) in [5.41, 5.74) is 0.324. The van der Waals surface area contributed by atoms with Crippen molar-refractivity contribution in [3.05, 3.63) is 40.9 Å². The molecule has 1 heterocycles. The molecule has 0 amide bonds. The Labute approximate surface area is 126 Å². The number of aromatic nitrogens is 3. The third kappa shape index (κ3) is 3.76. The molecule has 0 saturated carbocycles. The Kier molecular flexibility index (Phi) is 4.89. The van der Waals surface area contributed by atoms with Gasteiger partial charge < -0.3 is 15.5 Å². The van der Waals surface area contributed by atoms with Crippen LogP contribution in [0.15, 0.2) is 24.4 Å². The molecule has 2 aromatic rings. The van der Waals surface area contributed by atoms with Crippen molar-refractivity contribution in [1.82, 2.24) is 20.3 Å². The highest BCUT2D eigenvalue weighted by molar-refractivity contribution is 6.32. The molecular formula is C13H16ClFN4O2. The second-order valence-corrected chi connectivity index (χ2v) is 5.39. The molecular weight excluding hydrogens is 299 g/mol. The molecule has 114 valence electrons. The van der Waals surface area contributed by atoms with E-state index in [4.69, 9.17) is 11.6 Å². The molecule has 0 radical (unpaired) electrons. The minimum Gasteiger partial charge on any atom is -0.394 e. The number of nitrogens with one attached hydrogen (secondary N) is 1. The summed E-state index contributed by atoms with van der Waals surface area (Å²) in [7, 11) is 0. The summed E-state index contributed by atoms with van der Waals surface area (Å²) in [6.07, 6.45) is 1.64. The Morgan fingerprint density at radius 2 is 2.10 bits per heavy atom. The van der Waals surface area contributed by atoms with Crippen molar-refractivity contribution >= 4 is 11.6 Å². The van der Waals surface area contributed by atoms with Gasteiger partial charge in [-0.2, -0.15) is 0 Å². The maximum atomic E-state index is 13.0. The fourth-order valence-electron chi connectivity index (χ4n) is 1.63. The second kappa shape index (κ2) is 6.48. The van der Waals surface area contributed by atoms with E-state index in [0.717, 1.165) is 0 Å². The van der Waals surface area contributed by atoms with Gasteiger partial charge in [0.05, 0.1) is 41.4 Å². The van der Waals surface area contributed by atoms with Crippen molar-refractivity contribution in [3.63, 3.8) is 0 Å². The molecule has 1 aromatic carbocycles. The summed E-state index contributed by atoms with van der Waals surface area (Å²) < 4.78 is 14.4. The van der Waals surface area contributed by atoms with Gasteiger partial charge in [0.1, 0.15) is 5.82 Å². The molecule has 6 nitrogen and oxygen atoms in total. The maximum Gasteiger partial charge on any atom is 0.124 e. The number of hydrogen-bond acceptors (Lipinski definition) is 5. The third-order valence-electron chi connectivity index (χ3n) is 3.09. The largest absolute Gasteiger partial charge is 0.394 e. The minimum absolute atomic E-state index is 0.207. The highest BCUT2D eigenvalue weighted by Gasteiger charge is 2.21. The summed E-state index contributed by atoms with van der Waals surface area (Å²) in [5, 5.41) is 29.5. The van der Waals surface area contributed by atoms with E-state index in [-0.39, 0.29) is 18.2 Å². The fraction of sp³-hybridized carbons (Fsp3) is 0.385. The first-order valence-electron chi connectivity index (χ1n) is 6.31. The predicted molar refractivity (Wildman–Crippen MR) is 75.7 cm³/mol. The van der Waals surface area contributed by atoms with Crippen LogP contribution in [-0.4, -0.2) is 44.0 Å². The number of hydrogen-bond donors (Lipinski definition) is 3. The van der Waals surface area contributed by atoms with E-state index in [9.17, 15) is 14.6 Å². The molecule has 0 aliphatic carbocycles. The van der Waals surface area contributed by atoms with E-state index >= 15 is 0 Å². The number of aliphatic hydroxyl groups excluding tert-OH is 2. The molecule has 0 unspecified atom stereocenters. The Balaban J connectivity index is 2.11.